The largest absolute Gasteiger partial charge is 0.355 e. The summed E-state index contributed by atoms with van der Waals surface area (Å²) >= 11 is 6.25. The summed E-state index contributed by atoms with van der Waals surface area (Å²) in [6, 6.07) is 5.87. The van der Waals surface area contributed by atoms with Gasteiger partial charge in [0.25, 0.3) is 0 Å². The number of sulfone groups is 1. The number of fused-ring (bicyclic) bond motifs is 1. The highest BCUT2D eigenvalue weighted by Crippen LogP contribution is 2.36. The van der Waals surface area contributed by atoms with E-state index < -0.39 is 50.6 Å². The first-order chi connectivity index (χ1) is 20.8. The Labute approximate surface area is 255 Å². The molecule has 44 heavy (non-hydrogen) atoms. The van der Waals surface area contributed by atoms with Crippen molar-refractivity contribution in [2.45, 2.75) is 24.9 Å². The molecule has 230 valence electrons. The second kappa shape index (κ2) is 12.0. The molecule has 1 aliphatic rings. The van der Waals surface area contributed by atoms with E-state index in [9.17, 15) is 26.8 Å². The summed E-state index contributed by atoms with van der Waals surface area (Å²) in [5.74, 6) is -2.19. The number of allylic oxidation sites excluding steroid dienone is 1. The predicted molar refractivity (Wildman–Crippen MR) is 160 cm³/mol. The Morgan fingerprint density at radius 3 is 2.57 bits per heavy atom. The van der Waals surface area contributed by atoms with Crippen molar-refractivity contribution in [2.75, 3.05) is 37.5 Å². The van der Waals surface area contributed by atoms with Crippen LogP contribution in [-0.4, -0.2) is 77.4 Å². The Kier molecular flexibility index (Phi) is 8.49. The van der Waals surface area contributed by atoms with E-state index in [4.69, 9.17) is 11.6 Å². The first-order valence-electron chi connectivity index (χ1n) is 13.3. The van der Waals surface area contributed by atoms with Gasteiger partial charge in [0.05, 0.1) is 21.7 Å². The van der Waals surface area contributed by atoms with Crippen LogP contribution in [0.4, 0.5) is 19.0 Å². The molecule has 0 N–H and O–H groups in total. The lowest BCUT2D eigenvalue weighted by molar-refractivity contribution is -0.126. The van der Waals surface area contributed by atoms with Crippen molar-refractivity contribution < 1.29 is 26.4 Å². The van der Waals surface area contributed by atoms with Crippen molar-refractivity contribution in [1.82, 2.24) is 24.4 Å². The third-order valence-corrected chi connectivity index (χ3v) is 8.55. The van der Waals surface area contributed by atoms with Crippen molar-refractivity contribution >= 4 is 44.2 Å². The highest BCUT2D eigenvalue weighted by atomic mass is 35.5. The number of anilines is 1. The number of hydrogen-bond donors (Lipinski definition) is 0. The van der Waals surface area contributed by atoms with Crippen molar-refractivity contribution in [3.05, 3.63) is 81.4 Å². The first-order valence-corrected chi connectivity index (χ1v) is 15.6. The molecule has 1 atom stereocenters. The lowest BCUT2D eigenvalue weighted by Gasteiger charge is -2.40. The molecule has 0 spiro atoms. The molecule has 10 nitrogen and oxygen atoms in total. The van der Waals surface area contributed by atoms with E-state index in [-0.39, 0.29) is 58.7 Å². The van der Waals surface area contributed by atoms with Crippen LogP contribution in [0.15, 0.2) is 58.5 Å². The number of carbonyl (C=O) groups excluding carboxylic acids is 1. The van der Waals surface area contributed by atoms with E-state index in [1.165, 1.54) is 29.3 Å². The van der Waals surface area contributed by atoms with Crippen LogP contribution >= 0.6 is 11.6 Å². The number of halogens is 4. The number of alkyl halides is 1. The summed E-state index contributed by atoms with van der Waals surface area (Å²) < 4.78 is 69.8. The molecule has 3 aromatic heterocycles. The van der Waals surface area contributed by atoms with Gasteiger partial charge >= 0.3 is 5.69 Å². The Bertz CT molecular complexity index is 1980. The van der Waals surface area contributed by atoms with Gasteiger partial charge in [0.2, 0.25) is 5.91 Å². The number of rotatable bonds is 6. The third-order valence-electron chi connectivity index (χ3n) is 7.23. The molecule has 4 aromatic rings. The maximum absolute atomic E-state index is 15.9. The Morgan fingerprint density at radius 2 is 1.91 bits per heavy atom. The molecule has 0 unspecified atom stereocenters. The SMILES string of the molecule is Cc1ccnc(S(C)(=O)=O)c1-n1c(=O)nc(N2CCN(C(=O)/C=C/CF)C[C@@H]2C)c2cc(F)c(-c3c(F)cccc3Cl)nc21. The zero-order valence-corrected chi connectivity index (χ0v) is 25.3. The standard InChI is InChI=1S/C29H26ClF3N6O4S/c1-16-9-11-34-28(44(3,42)43)25(16)39-27-18(14-21(33)24(35-27)23-19(30)6-4-7-20(23)32)26(36-29(39)41)38-13-12-37(15-17(38)2)22(40)8-5-10-31/h4-9,11,14,17H,10,12-13,15H2,1-3H3/b8-5+/t17-/m0/s1. The van der Waals surface area contributed by atoms with Gasteiger partial charge in [-0.05, 0) is 49.8 Å². The van der Waals surface area contributed by atoms with Crippen LogP contribution < -0.4 is 10.6 Å². The van der Waals surface area contributed by atoms with E-state index in [0.717, 1.165) is 35.1 Å². The average molecular weight is 647 g/mol. The van der Waals surface area contributed by atoms with Gasteiger partial charge in [-0.3, -0.25) is 4.79 Å². The predicted octanol–water partition coefficient (Wildman–Crippen LogP) is 4.05. The molecule has 15 heteroatoms. The molecule has 0 bridgehead atoms. The number of carbonyl (C=O) groups is 1. The molecular weight excluding hydrogens is 621 g/mol. The molecule has 4 heterocycles. The number of aryl methyl sites for hydroxylation is 1. The number of pyridine rings is 2. The fraction of sp³-hybridized carbons (Fsp3) is 0.276. The van der Waals surface area contributed by atoms with Crippen LogP contribution in [0.2, 0.25) is 5.02 Å². The van der Waals surface area contributed by atoms with Gasteiger partial charge in [0.1, 0.15) is 24.0 Å². The van der Waals surface area contributed by atoms with Crippen LogP contribution in [0.1, 0.15) is 12.5 Å². The van der Waals surface area contributed by atoms with E-state index in [1.807, 2.05) is 0 Å². The summed E-state index contributed by atoms with van der Waals surface area (Å²) in [6.45, 7) is 3.08. The van der Waals surface area contributed by atoms with E-state index in [2.05, 4.69) is 15.0 Å². The number of aromatic nitrogens is 4. The minimum Gasteiger partial charge on any atom is -0.350 e. The molecule has 0 radical (unpaired) electrons. The van der Waals surface area contributed by atoms with Crippen molar-refractivity contribution in [3.63, 3.8) is 0 Å². The molecule has 1 aromatic carbocycles. The maximum atomic E-state index is 15.9. The zero-order valence-electron chi connectivity index (χ0n) is 23.8. The van der Waals surface area contributed by atoms with Gasteiger partial charge in [-0.25, -0.2) is 40.9 Å². The van der Waals surface area contributed by atoms with Crippen molar-refractivity contribution in [2.24, 2.45) is 0 Å². The smallest absolute Gasteiger partial charge is 0.350 e. The average Bonchev–Trinajstić information content (AvgIpc) is 2.96. The second-order valence-electron chi connectivity index (χ2n) is 10.3. The van der Waals surface area contributed by atoms with Gasteiger partial charge in [0.15, 0.2) is 26.3 Å². The van der Waals surface area contributed by atoms with Crippen LogP contribution in [0.3, 0.4) is 0 Å². The maximum Gasteiger partial charge on any atom is 0.355 e. The number of amides is 1. The number of nitrogens with zero attached hydrogens (tertiary/aromatic N) is 6. The van der Waals surface area contributed by atoms with Gasteiger partial charge < -0.3 is 9.80 Å². The molecular formula is C29H26ClF3N6O4S. The first kappa shape index (κ1) is 31.1. The minimum atomic E-state index is -3.99. The zero-order chi connectivity index (χ0) is 31.9. The fourth-order valence-electron chi connectivity index (χ4n) is 5.22. The quantitative estimate of drug-likeness (QED) is 0.288. The molecule has 1 fully saturated rings. The molecule has 0 saturated carbocycles. The molecule has 1 saturated heterocycles. The van der Waals surface area contributed by atoms with Gasteiger partial charge in [-0.1, -0.05) is 17.7 Å². The lowest BCUT2D eigenvalue weighted by atomic mass is 10.1. The van der Waals surface area contributed by atoms with E-state index in [0.29, 0.717) is 5.56 Å². The summed E-state index contributed by atoms with van der Waals surface area (Å²) in [4.78, 5) is 42.2. The molecule has 1 amide bonds. The van der Waals surface area contributed by atoms with Gasteiger partial charge in [-0.15, -0.1) is 0 Å². The summed E-state index contributed by atoms with van der Waals surface area (Å²) in [5, 5.41) is -0.552. The summed E-state index contributed by atoms with van der Waals surface area (Å²) in [5.41, 5.74) is -1.83. The topological polar surface area (TPSA) is 118 Å². The molecule has 0 aliphatic carbocycles. The normalized spacial score (nSPS) is 15.8. The number of benzene rings is 1. The fourth-order valence-corrected chi connectivity index (χ4v) is 6.33. The van der Waals surface area contributed by atoms with Crippen LogP contribution in [0, 0.1) is 18.6 Å². The highest BCUT2D eigenvalue weighted by Gasteiger charge is 2.31. The Balaban J connectivity index is 1.80. The number of hydrogen-bond acceptors (Lipinski definition) is 8. The third kappa shape index (κ3) is 5.66. The van der Waals surface area contributed by atoms with Crippen LogP contribution in [0.25, 0.3) is 28.0 Å². The van der Waals surface area contributed by atoms with Gasteiger partial charge in [0, 0.05) is 44.2 Å². The van der Waals surface area contributed by atoms with Crippen LogP contribution in [0.5, 0.6) is 0 Å². The Hall–Kier alpha value is -4.30. The Morgan fingerprint density at radius 1 is 1.16 bits per heavy atom. The highest BCUT2D eigenvalue weighted by molar-refractivity contribution is 7.90. The van der Waals surface area contributed by atoms with E-state index >= 15 is 4.39 Å². The summed E-state index contributed by atoms with van der Waals surface area (Å²) in [6.07, 6.45) is 4.44. The molecule has 1 aliphatic heterocycles. The van der Waals surface area contributed by atoms with E-state index in [1.54, 1.807) is 18.7 Å². The lowest BCUT2D eigenvalue weighted by Crippen LogP contribution is -2.54. The molecule has 5 rings (SSSR count). The monoisotopic (exact) mass is 646 g/mol. The minimum absolute atomic E-state index is 0.0185. The second-order valence-corrected chi connectivity index (χ2v) is 12.6. The number of piperazine rings is 1. The van der Waals surface area contributed by atoms with Gasteiger partial charge in [-0.2, -0.15) is 4.98 Å². The van der Waals surface area contributed by atoms with Crippen molar-refractivity contribution in [3.8, 4) is 16.9 Å². The van der Waals surface area contributed by atoms with Crippen molar-refractivity contribution in [1.29, 1.82) is 0 Å². The van der Waals surface area contributed by atoms with Crippen LogP contribution in [-0.2, 0) is 14.6 Å². The summed E-state index contributed by atoms with van der Waals surface area (Å²) in [7, 11) is -3.99.